The lowest BCUT2D eigenvalue weighted by Gasteiger charge is -2.39. The highest BCUT2D eigenvalue weighted by molar-refractivity contribution is 8.00. The van der Waals surface area contributed by atoms with Gasteiger partial charge in [-0.25, -0.2) is 4.39 Å². The first-order valence-electron chi connectivity index (χ1n) is 6.64. The van der Waals surface area contributed by atoms with Gasteiger partial charge in [0.2, 0.25) is 0 Å². The number of anilines is 2. The summed E-state index contributed by atoms with van der Waals surface area (Å²) in [6.45, 7) is 7.61. The second kappa shape index (κ2) is 5.90. The second-order valence-corrected chi connectivity index (χ2v) is 6.27. The van der Waals surface area contributed by atoms with Gasteiger partial charge in [-0.15, -0.1) is 0 Å². The molecule has 0 aliphatic carbocycles. The molecule has 1 aromatic carbocycles. The van der Waals surface area contributed by atoms with Gasteiger partial charge in [0.1, 0.15) is 0 Å². The minimum Gasteiger partial charge on any atom is -0.491 e. The molecule has 1 aliphatic heterocycles. The van der Waals surface area contributed by atoms with Gasteiger partial charge in [0.15, 0.2) is 11.6 Å². The SMILES string of the molecule is CCOc1cc(N2CCSC(C)C2C)c(N)cc1F. The number of rotatable bonds is 3. The molecule has 106 valence electrons. The van der Waals surface area contributed by atoms with Crippen molar-refractivity contribution in [1.29, 1.82) is 0 Å². The molecule has 2 atom stereocenters. The van der Waals surface area contributed by atoms with Crippen LogP contribution in [0.15, 0.2) is 12.1 Å². The number of ether oxygens (including phenoxy) is 1. The Hall–Kier alpha value is -1.10. The van der Waals surface area contributed by atoms with Crippen LogP contribution in [0.3, 0.4) is 0 Å². The van der Waals surface area contributed by atoms with Crippen LogP contribution in [0.4, 0.5) is 15.8 Å². The lowest BCUT2D eigenvalue weighted by Crippen LogP contribution is -2.45. The fourth-order valence-corrected chi connectivity index (χ4v) is 3.45. The molecule has 2 N–H and O–H groups in total. The predicted octanol–water partition coefficient (Wildman–Crippen LogP) is 3.14. The highest BCUT2D eigenvalue weighted by atomic mass is 32.2. The number of thioether (sulfide) groups is 1. The van der Waals surface area contributed by atoms with Gasteiger partial charge in [-0.3, -0.25) is 0 Å². The maximum Gasteiger partial charge on any atom is 0.167 e. The van der Waals surface area contributed by atoms with Gasteiger partial charge in [-0.1, -0.05) is 6.92 Å². The van der Waals surface area contributed by atoms with Gasteiger partial charge in [0, 0.05) is 35.7 Å². The van der Waals surface area contributed by atoms with E-state index in [9.17, 15) is 4.39 Å². The van der Waals surface area contributed by atoms with E-state index in [1.807, 2.05) is 18.7 Å². The van der Waals surface area contributed by atoms with E-state index in [2.05, 4.69) is 18.7 Å². The minimum atomic E-state index is -0.393. The fourth-order valence-electron chi connectivity index (χ4n) is 2.35. The molecule has 0 amide bonds. The average molecular weight is 284 g/mol. The van der Waals surface area contributed by atoms with Crippen LogP contribution in [-0.4, -0.2) is 30.2 Å². The zero-order valence-electron chi connectivity index (χ0n) is 11.6. The van der Waals surface area contributed by atoms with Gasteiger partial charge >= 0.3 is 0 Å². The van der Waals surface area contributed by atoms with E-state index in [1.165, 1.54) is 6.07 Å². The highest BCUT2D eigenvalue weighted by Crippen LogP contribution is 2.36. The van der Waals surface area contributed by atoms with Crippen LogP contribution in [0.25, 0.3) is 0 Å². The number of hydrogen-bond acceptors (Lipinski definition) is 4. The van der Waals surface area contributed by atoms with Crippen LogP contribution in [0.5, 0.6) is 5.75 Å². The summed E-state index contributed by atoms with van der Waals surface area (Å²) < 4.78 is 19.1. The molecular weight excluding hydrogens is 263 g/mol. The maximum atomic E-state index is 13.7. The largest absolute Gasteiger partial charge is 0.491 e. The predicted molar refractivity (Wildman–Crippen MR) is 80.7 cm³/mol. The fraction of sp³-hybridized carbons (Fsp3) is 0.571. The molecule has 2 rings (SSSR count). The maximum absolute atomic E-state index is 13.7. The van der Waals surface area contributed by atoms with E-state index >= 15 is 0 Å². The van der Waals surface area contributed by atoms with Crippen molar-refractivity contribution in [2.24, 2.45) is 0 Å². The van der Waals surface area contributed by atoms with Crippen molar-refractivity contribution in [3.05, 3.63) is 17.9 Å². The van der Waals surface area contributed by atoms with Crippen molar-refractivity contribution in [3.63, 3.8) is 0 Å². The molecule has 3 nitrogen and oxygen atoms in total. The molecule has 0 radical (unpaired) electrons. The molecule has 2 unspecified atom stereocenters. The summed E-state index contributed by atoms with van der Waals surface area (Å²) in [7, 11) is 0. The van der Waals surface area contributed by atoms with E-state index in [1.54, 1.807) is 6.07 Å². The minimum absolute atomic E-state index is 0.282. The van der Waals surface area contributed by atoms with E-state index in [0.29, 0.717) is 23.6 Å². The number of halogens is 1. The zero-order chi connectivity index (χ0) is 14.0. The highest BCUT2D eigenvalue weighted by Gasteiger charge is 2.27. The summed E-state index contributed by atoms with van der Waals surface area (Å²) in [5.41, 5.74) is 7.34. The third-order valence-electron chi connectivity index (χ3n) is 3.57. The van der Waals surface area contributed by atoms with Crippen molar-refractivity contribution < 1.29 is 9.13 Å². The Kier molecular flexibility index (Phi) is 4.45. The Morgan fingerprint density at radius 2 is 2.21 bits per heavy atom. The van der Waals surface area contributed by atoms with Gasteiger partial charge < -0.3 is 15.4 Å². The first-order chi connectivity index (χ1) is 9.04. The summed E-state index contributed by atoms with van der Waals surface area (Å²) in [4.78, 5) is 2.25. The lowest BCUT2D eigenvalue weighted by molar-refractivity contribution is 0.321. The topological polar surface area (TPSA) is 38.5 Å². The Bertz CT molecular complexity index is 455. The molecule has 0 aromatic heterocycles. The zero-order valence-corrected chi connectivity index (χ0v) is 12.5. The third-order valence-corrected chi connectivity index (χ3v) is 4.91. The monoisotopic (exact) mass is 284 g/mol. The molecule has 5 heteroatoms. The van der Waals surface area contributed by atoms with E-state index in [4.69, 9.17) is 10.5 Å². The first kappa shape index (κ1) is 14.3. The summed E-state index contributed by atoms with van der Waals surface area (Å²) in [6.07, 6.45) is 0. The number of nitrogens with two attached hydrogens (primary N) is 1. The average Bonchev–Trinajstić information content (AvgIpc) is 2.37. The Balaban J connectivity index is 2.35. The standard InChI is InChI=1S/C14H21FN2OS/c1-4-18-14-8-13(12(16)7-11(14)15)17-5-6-19-10(3)9(17)2/h7-10H,4-6,16H2,1-3H3. The van der Waals surface area contributed by atoms with Crippen molar-refractivity contribution in [2.45, 2.75) is 32.1 Å². The lowest BCUT2D eigenvalue weighted by atomic mass is 10.1. The summed E-state index contributed by atoms with van der Waals surface area (Å²) in [6, 6.07) is 3.47. The molecule has 1 saturated heterocycles. The number of nitrogens with zero attached hydrogens (tertiary/aromatic N) is 1. The Labute approximate surface area is 118 Å². The molecule has 0 spiro atoms. The molecule has 0 saturated carbocycles. The van der Waals surface area contributed by atoms with Gasteiger partial charge in [-0.2, -0.15) is 11.8 Å². The van der Waals surface area contributed by atoms with Crippen molar-refractivity contribution in [1.82, 2.24) is 0 Å². The molecule has 1 heterocycles. The van der Waals surface area contributed by atoms with Crippen LogP contribution in [0, 0.1) is 5.82 Å². The molecule has 1 aromatic rings. The first-order valence-corrected chi connectivity index (χ1v) is 7.69. The Morgan fingerprint density at radius 1 is 1.47 bits per heavy atom. The van der Waals surface area contributed by atoms with Crippen LogP contribution >= 0.6 is 11.8 Å². The molecule has 19 heavy (non-hydrogen) atoms. The van der Waals surface area contributed by atoms with E-state index in [-0.39, 0.29) is 5.75 Å². The van der Waals surface area contributed by atoms with Crippen molar-refractivity contribution in [3.8, 4) is 5.75 Å². The number of hydrogen-bond donors (Lipinski definition) is 1. The van der Waals surface area contributed by atoms with E-state index in [0.717, 1.165) is 18.0 Å². The summed E-state index contributed by atoms with van der Waals surface area (Å²) in [5, 5.41) is 0.536. The summed E-state index contributed by atoms with van der Waals surface area (Å²) >= 11 is 1.96. The molecule has 0 bridgehead atoms. The van der Waals surface area contributed by atoms with Gasteiger partial charge in [0.25, 0.3) is 0 Å². The van der Waals surface area contributed by atoms with Crippen LogP contribution in [-0.2, 0) is 0 Å². The van der Waals surface area contributed by atoms with Gasteiger partial charge in [0.05, 0.1) is 18.0 Å². The molecule has 1 aliphatic rings. The number of nitrogen functional groups attached to an aromatic ring is 1. The summed E-state index contributed by atoms with van der Waals surface area (Å²) in [5.74, 6) is 0.951. The second-order valence-electron chi connectivity index (χ2n) is 4.78. The van der Waals surface area contributed by atoms with E-state index < -0.39 is 5.82 Å². The quantitative estimate of drug-likeness (QED) is 0.866. The molecule has 1 fully saturated rings. The van der Waals surface area contributed by atoms with Crippen LogP contribution in [0.2, 0.25) is 0 Å². The third kappa shape index (κ3) is 2.91. The number of benzene rings is 1. The van der Waals surface area contributed by atoms with Crippen molar-refractivity contribution in [2.75, 3.05) is 29.5 Å². The normalized spacial score (nSPS) is 23.5. The molecular formula is C14H21FN2OS. The van der Waals surface area contributed by atoms with Crippen LogP contribution in [0.1, 0.15) is 20.8 Å². The smallest absolute Gasteiger partial charge is 0.167 e. The van der Waals surface area contributed by atoms with Crippen molar-refractivity contribution >= 4 is 23.1 Å². The van der Waals surface area contributed by atoms with Gasteiger partial charge in [-0.05, 0) is 13.8 Å². The van der Waals surface area contributed by atoms with Crippen LogP contribution < -0.4 is 15.4 Å². The Morgan fingerprint density at radius 3 is 2.89 bits per heavy atom.